The van der Waals surface area contributed by atoms with Crippen LogP contribution in [0.4, 0.5) is 0 Å². The first-order chi connectivity index (χ1) is 8.63. The molecule has 5 nitrogen and oxygen atoms in total. The van der Waals surface area contributed by atoms with Crippen molar-refractivity contribution in [2.45, 2.75) is 26.6 Å². The third-order valence-electron chi connectivity index (χ3n) is 2.22. The van der Waals surface area contributed by atoms with Crippen LogP contribution in [0.3, 0.4) is 0 Å². The van der Waals surface area contributed by atoms with E-state index in [9.17, 15) is 9.59 Å². The highest BCUT2D eigenvalue weighted by molar-refractivity contribution is 5.85. The summed E-state index contributed by atoms with van der Waals surface area (Å²) in [5.41, 5.74) is 0.990. The lowest BCUT2D eigenvalue weighted by atomic mass is 10.2. The van der Waals surface area contributed by atoms with Gasteiger partial charge in [0, 0.05) is 20.1 Å². The fourth-order valence-electron chi connectivity index (χ4n) is 1.41. The third kappa shape index (κ3) is 4.97. The molecule has 0 aliphatic heterocycles. The Morgan fingerprint density at radius 2 is 1.94 bits per heavy atom. The van der Waals surface area contributed by atoms with E-state index in [-0.39, 0.29) is 11.8 Å². The summed E-state index contributed by atoms with van der Waals surface area (Å²) >= 11 is 0. The number of hydrogen-bond donors (Lipinski definition) is 2. The molecule has 0 heterocycles. The maximum atomic E-state index is 11.8. The zero-order valence-corrected chi connectivity index (χ0v) is 10.6. The number of carbonyl (C=O) groups excluding carboxylic acids is 2. The highest BCUT2D eigenvalue weighted by atomic mass is 16.5. The average Bonchev–Trinajstić information content (AvgIpc) is 2.36. The van der Waals surface area contributed by atoms with E-state index in [4.69, 9.17) is 4.74 Å². The molecule has 0 bridgehead atoms. The molecule has 1 aromatic carbocycles. The second-order valence-electron chi connectivity index (χ2n) is 3.74. The van der Waals surface area contributed by atoms with Gasteiger partial charge in [-0.05, 0) is 12.5 Å². The average molecular weight is 250 g/mol. The maximum Gasteiger partial charge on any atom is 0.270 e. The van der Waals surface area contributed by atoms with Gasteiger partial charge < -0.3 is 15.4 Å². The Kier molecular flexibility index (Phi) is 5.87. The Hall–Kier alpha value is -1.88. The van der Waals surface area contributed by atoms with Crippen LogP contribution in [0.15, 0.2) is 30.3 Å². The first kappa shape index (κ1) is 14.2. The number of amides is 2. The van der Waals surface area contributed by atoms with Gasteiger partial charge in [0.15, 0.2) is 0 Å². The van der Waals surface area contributed by atoms with E-state index in [1.807, 2.05) is 30.3 Å². The minimum absolute atomic E-state index is 0.302. The summed E-state index contributed by atoms with van der Waals surface area (Å²) in [4.78, 5) is 22.7. The van der Waals surface area contributed by atoms with Crippen molar-refractivity contribution in [2.75, 3.05) is 6.61 Å². The van der Waals surface area contributed by atoms with Crippen molar-refractivity contribution in [2.24, 2.45) is 0 Å². The van der Waals surface area contributed by atoms with Crippen LogP contribution >= 0.6 is 0 Å². The van der Waals surface area contributed by atoms with E-state index in [0.29, 0.717) is 13.2 Å². The quantitative estimate of drug-likeness (QED) is 0.734. The van der Waals surface area contributed by atoms with Crippen LogP contribution in [-0.4, -0.2) is 24.6 Å². The Balaban J connectivity index is 2.48. The van der Waals surface area contributed by atoms with Crippen molar-refractivity contribution < 1.29 is 14.3 Å². The first-order valence-corrected chi connectivity index (χ1v) is 5.83. The van der Waals surface area contributed by atoms with Crippen molar-refractivity contribution in [3.63, 3.8) is 0 Å². The standard InChI is InChI=1S/C13H18N2O3/c1-3-18-13(15-10(2)16)12(17)14-9-11-7-5-4-6-8-11/h4-8,13H,3,9H2,1-2H3,(H,14,17)(H,15,16)/t13-/m0/s1. The highest BCUT2D eigenvalue weighted by Crippen LogP contribution is 1.98. The van der Waals surface area contributed by atoms with E-state index in [1.54, 1.807) is 6.92 Å². The maximum absolute atomic E-state index is 11.8. The molecule has 2 N–H and O–H groups in total. The first-order valence-electron chi connectivity index (χ1n) is 5.83. The molecule has 5 heteroatoms. The van der Waals surface area contributed by atoms with Gasteiger partial charge in [0.25, 0.3) is 5.91 Å². The fraction of sp³-hybridized carbons (Fsp3) is 0.385. The largest absolute Gasteiger partial charge is 0.350 e. The molecule has 0 aliphatic carbocycles. The second-order valence-corrected chi connectivity index (χ2v) is 3.74. The summed E-state index contributed by atoms with van der Waals surface area (Å²) in [6.07, 6.45) is -0.934. The molecule has 0 aliphatic rings. The molecule has 98 valence electrons. The molecule has 0 fully saturated rings. The second kappa shape index (κ2) is 7.45. The molecular weight excluding hydrogens is 232 g/mol. The third-order valence-corrected chi connectivity index (χ3v) is 2.22. The number of hydrogen-bond acceptors (Lipinski definition) is 3. The van der Waals surface area contributed by atoms with Gasteiger partial charge in [-0.3, -0.25) is 9.59 Å². The molecular formula is C13H18N2O3. The molecule has 0 spiro atoms. The van der Waals surface area contributed by atoms with Crippen molar-refractivity contribution in [1.82, 2.24) is 10.6 Å². The molecule has 0 unspecified atom stereocenters. The van der Waals surface area contributed by atoms with Crippen LogP contribution in [0.2, 0.25) is 0 Å². The number of nitrogens with one attached hydrogen (secondary N) is 2. The van der Waals surface area contributed by atoms with Crippen LogP contribution in [0.1, 0.15) is 19.4 Å². The SMILES string of the molecule is CCO[C@H](NC(C)=O)C(=O)NCc1ccccc1. The van der Waals surface area contributed by atoms with Crippen LogP contribution in [0.25, 0.3) is 0 Å². The van der Waals surface area contributed by atoms with Crippen LogP contribution < -0.4 is 10.6 Å². The molecule has 18 heavy (non-hydrogen) atoms. The highest BCUT2D eigenvalue weighted by Gasteiger charge is 2.18. The number of carbonyl (C=O) groups is 2. The lowest BCUT2D eigenvalue weighted by Crippen LogP contribution is -2.47. The fourth-order valence-corrected chi connectivity index (χ4v) is 1.41. The molecule has 0 saturated heterocycles. The lowest BCUT2D eigenvalue weighted by Gasteiger charge is -2.17. The summed E-state index contributed by atoms with van der Waals surface area (Å²) in [5, 5.41) is 5.15. The zero-order valence-electron chi connectivity index (χ0n) is 10.6. The summed E-state index contributed by atoms with van der Waals surface area (Å²) in [5.74, 6) is -0.654. The van der Waals surface area contributed by atoms with E-state index in [1.165, 1.54) is 6.92 Å². The van der Waals surface area contributed by atoms with E-state index in [2.05, 4.69) is 10.6 Å². The summed E-state index contributed by atoms with van der Waals surface area (Å²) in [7, 11) is 0. The van der Waals surface area contributed by atoms with Crippen molar-refractivity contribution >= 4 is 11.8 Å². The van der Waals surface area contributed by atoms with Crippen LogP contribution in [0, 0.1) is 0 Å². The predicted molar refractivity (Wildman–Crippen MR) is 67.5 cm³/mol. The number of rotatable bonds is 6. The smallest absolute Gasteiger partial charge is 0.270 e. The Bertz CT molecular complexity index is 392. The Labute approximate surface area is 107 Å². The van der Waals surface area contributed by atoms with Gasteiger partial charge in [-0.15, -0.1) is 0 Å². The number of benzene rings is 1. The van der Waals surface area contributed by atoms with Crippen molar-refractivity contribution in [3.8, 4) is 0 Å². The van der Waals surface area contributed by atoms with E-state index < -0.39 is 6.23 Å². The molecule has 0 aromatic heterocycles. The molecule has 1 aromatic rings. The van der Waals surface area contributed by atoms with Gasteiger partial charge in [0.2, 0.25) is 12.1 Å². The van der Waals surface area contributed by atoms with Gasteiger partial charge in [0.05, 0.1) is 0 Å². The summed E-state index contributed by atoms with van der Waals surface area (Å²) in [6, 6.07) is 9.53. The monoisotopic (exact) mass is 250 g/mol. The normalized spacial score (nSPS) is 11.7. The van der Waals surface area contributed by atoms with E-state index in [0.717, 1.165) is 5.56 Å². The van der Waals surface area contributed by atoms with Gasteiger partial charge in [-0.1, -0.05) is 30.3 Å². The molecule has 1 rings (SSSR count). The summed E-state index contributed by atoms with van der Waals surface area (Å²) in [6.45, 7) is 3.86. The number of ether oxygens (including phenoxy) is 1. The van der Waals surface area contributed by atoms with Gasteiger partial charge >= 0.3 is 0 Å². The van der Waals surface area contributed by atoms with Crippen molar-refractivity contribution in [3.05, 3.63) is 35.9 Å². The molecule has 2 amide bonds. The summed E-state index contributed by atoms with van der Waals surface area (Å²) < 4.78 is 5.16. The Morgan fingerprint density at radius 1 is 1.28 bits per heavy atom. The van der Waals surface area contributed by atoms with Gasteiger partial charge in [-0.25, -0.2) is 0 Å². The topological polar surface area (TPSA) is 67.4 Å². The van der Waals surface area contributed by atoms with Gasteiger partial charge in [-0.2, -0.15) is 0 Å². The zero-order chi connectivity index (χ0) is 13.4. The molecule has 1 atom stereocenters. The molecule has 0 radical (unpaired) electrons. The van der Waals surface area contributed by atoms with Crippen molar-refractivity contribution in [1.29, 1.82) is 0 Å². The lowest BCUT2D eigenvalue weighted by molar-refractivity contribution is -0.140. The predicted octanol–water partition coefficient (Wildman–Crippen LogP) is 0.801. The molecule has 0 saturated carbocycles. The Morgan fingerprint density at radius 3 is 2.50 bits per heavy atom. The van der Waals surface area contributed by atoms with Crippen LogP contribution in [0.5, 0.6) is 0 Å². The minimum atomic E-state index is -0.934. The van der Waals surface area contributed by atoms with Crippen LogP contribution in [-0.2, 0) is 20.9 Å². The van der Waals surface area contributed by atoms with Gasteiger partial charge in [0.1, 0.15) is 0 Å². The van der Waals surface area contributed by atoms with E-state index >= 15 is 0 Å². The minimum Gasteiger partial charge on any atom is -0.350 e.